The third-order valence-electron chi connectivity index (χ3n) is 2.43. The molecule has 0 aliphatic rings. The monoisotopic (exact) mass is 239 g/mol. The summed E-state index contributed by atoms with van der Waals surface area (Å²) >= 11 is 0. The topological polar surface area (TPSA) is 65.8 Å². The van der Waals surface area contributed by atoms with E-state index in [9.17, 15) is 13.6 Å². The molecule has 1 heterocycles. The first kappa shape index (κ1) is 13.0. The summed E-state index contributed by atoms with van der Waals surface area (Å²) in [7, 11) is 0. The number of nitrogens with one attached hydrogen (secondary N) is 1. The third-order valence-corrected chi connectivity index (χ3v) is 2.43. The van der Waals surface area contributed by atoms with E-state index in [1.54, 1.807) is 6.92 Å². The van der Waals surface area contributed by atoms with Crippen LogP contribution in [0.3, 0.4) is 0 Å². The lowest BCUT2D eigenvalue weighted by Crippen LogP contribution is -2.44. The lowest BCUT2D eigenvalue weighted by Gasteiger charge is -2.21. The van der Waals surface area contributed by atoms with Crippen LogP contribution in [0, 0.1) is 23.1 Å². The minimum absolute atomic E-state index is 0.352. The minimum atomic E-state index is -1.34. The predicted molar refractivity (Wildman–Crippen MR) is 55.9 cm³/mol. The molecule has 1 amide bonds. The number of hydrogen-bond acceptors (Lipinski definition) is 3. The molecule has 4 nitrogen and oxygen atoms in total. The predicted octanol–water partition coefficient (Wildman–Crippen LogP) is 1.78. The van der Waals surface area contributed by atoms with E-state index in [0.717, 1.165) is 12.3 Å². The molecule has 1 atom stereocenters. The molecule has 1 unspecified atom stereocenters. The van der Waals surface area contributed by atoms with E-state index in [1.807, 2.05) is 6.07 Å². The number of halogens is 2. The smallest absolute Gasteiger partial charge is 0.255 e. The highest BCUT2D eigenvalue weighted by Crippen LogP contribution is 2.12. The van der Waals surface area contributed by atoms with Crippen LogP contribution in [0.25, 0.3) is 0 Å². The van der Waals surface area contributed by atoms with Crippen LogP contribution in [0.2, 0.25) is 0 Å². The van der Waals surface area contributed by atoms with Crippen molar-refractivity contribution in [3.8, 4) is 6.07 Å². The first-order valence-corrected chi connectivity index (χ1v) is 4.97. The summed E-state index contributed by atoms with van der Waals surface area (Å²) in [6, 6.07) is 2.96. The van der Waals surface area contributed by atoms with Crippen LogP contribution in [0.5, 0.6) is 0 Å². The molecular weight excluding hydrogens is 228 g/mol. The van der Waals surface area contributed by atoms with Crippen LogP contribution in [-0.2, 0) is 0 Å². The highest BCUT2D eigenvalue weighted by molar-refractivity contribution is 5.95. The maximum absolute atomic E-state index is 13.3. The molecule has 1 aromatic heterocycles. The van der Waals surface area contributed by atoms with Gasteiger partial charge in [0, 0.05) is 6.20 Å². The third kappa shape index (κ3) is 2.75. The fourth-order valence-electron chi connectivity index (χ4n) is 1.11. The van der Waals surface area contributed by atoms with E-state index in [2.05, 4.69) is 10.3 Å². The normalized spacial score (nSPS) is 13.6. The second kappa shape index (κ2) is 4.87. The van der Waals surface area contributed by atoms with E-state index in [4.69, 9.17) is 5.26 Å². The van der Waals surface area contributed by atoms with Crippen LogP contribution in [-0.4, -0.2) is 16.4 Å². The SMILES string of the molecule is CCC(C)(C#N)NC(=O)c1ccnc(F)c1F. The molecule has 0 aliphatic carbocycles. The zero-order chi connectivity index (χ0) is 13.1. The van der Waals surface area contributed by atoms with Crippen LogP contribution in [0.15, 0.2) is 12.3 Å². The van der Waals surface area contributed by atoms with Gasteiger partial charge in [0.05, 0.1) is 11.6 Å². The van der Waals surface area contributed by atoms with E-state index in [0.29, 0.717) is 6.42 Å². The zero-order valence-electron chi connectivity index (χ0n) is 9.42. The molecule has 0 spiro atoms. The summed E-state index contributed by atoms with van der Waals surface area (Å²) in [4.78, 5) is 14.7. The summed E-state index contributed by atoms with van der Waals surface area (Å²) in [5, 5.41) is 11.2. The molecule has 90 valence electrons. The Balaban J connectivity index is 2.99. The summed E-state index contributed by atoms with van der Waals surface area (Å²) in [6.45, 7) is 3.20. The average Bonchev–Trinajstić information content (AvgIpc) is 2.32. The Morgan fingerprint density at radius 2 is 2.29 bits per heavy atom. The summed E-state index contributed by atoms with van der Waals surface area (Å²) in [5.41, 5.74) is -1.57. The lowest BCUT2D eigenvalue weighted by molar-refractivity contribution is 0.0917. The number of aromatic nitrogens is 1. The Hall–Kier alpha value is -2.03. The van der Waals surface area contributed by atoms with Crippen molar-refractivity contribution < 1.29 is 13.6 Å². The Bertz CT molecular complexity index is 484. The molecule has 0 saturated heterocycles. The molecule has 0 saturated carbocycles. The molecule has 17 heavy (non-hydrogen) atoms. The quantitative estimate of drug-likeness (QED) is 0.817. The van der Waals surface area contributed by atoms with Gasteiger partial charge >= 0.3 is 0 Å². The average molecular weight is 239 g/mol. The van der Waals surface area contributed by atoms with Gasteiger partial charge in [-0.15, -0.1) is 0 Å². The number of nitriles is 1. The standard InChI is InChI=1S/C11H11F2N3O/c1-3-11(2,6-14)16-10(17)7-4-5-15-9(13)8(7)12/h4-5H,3H2,1-2H3,(H,16,17). The van der Waals surface area contributed by atoms with Gasteiger partial charge in [-0.1, -0.05) is 6.92 Å². The fraction of sp³-hybridized carbons (Fsp3) is 0.364. The van der Waals surface area contributed by atoms with Gasteiger partial charge in [0.1, 0.15) is 5.54 Å². The molecule has 0 aromatic carbocycles. The Morgan fingerprint density at radius 3 is 2.82 bits per heavy atom. The number of carbonyl (C=O) groups excluding carboxylic acids is 1. The Morgan fingerprint density at radius 1 is 1.65 bits per heavy atom. The van der Waals surface area contributed by atoms with Crippen LogP contribution < -0.4 is 5.32 Å². The van der Waals surface area contributed by atoms with Gasteiger partial charge in [-0.25, -0.2) is 9.37 Å². The highest BCUT2D eigenvalue weighted by atomic mass is 19.2. The first-order valence-electron chi connectivity index (χ1n) is 4.97. The van der Waals surface area contributed by atoms with E-state index in [-0.39, 0.29) is 0 Å². The molecule has 0 aliphatic heterocycles. The summed E-state index contributed by atoms with van der Waals surface area (Å²) in [5.74, 6) is -3.50. The van der Waals surface area contributed by atoms with Crippen molar-refractivity contribution in [2.45, 2.75) is 25.8 Å². The lowest BCUT2D eigenvalue weighted by atomic mass is 10.0. The van der Waals surface area contributed by atoms with E-state index >= 15 is 0 Å². The fourth-order valence-corrected chi connectivity index (χ4v) is 1.11. The molecule has 0 bridgehead atoms. The van der Waals surface area contributed by atoms with Crippen molar-refractivity contribution >= 4 is 5.91 Å². The van der Waals surface area contributed by atoms with Crippen LogP contribution in [0.1, 0.15) is 30.6 Å². The number of hydrogen-bond donors (Lipinski definition) is 1. The molecular formula is C11H11F2N3O. The van der Waals surface area contributed by atoms with E-state index < -0.39 is 28.8 Å². The second-order valence-electron chi connectivity index (χ2n) is 3.71. The van der Waals surface area contributed by atoms with Crippen molar-refractivity contribution in [2.24, 2.45) is 0 Å². The molecule has 6 heteroatoms. The second-order valence-corrected chi connectivity index (χ2v) is 3.71. The van der Waals surface area contributed by atoms with Crippen molar-refractivity contribution in [2.75, 3.05) is 0 Å². The highest BCUT2D eigenvalue weighted by Gasteiger charge is 2.26. The molecule has 1 rings (SSSR count). The van der Waals surface area contributed by atoms with Gasteiger partial charge in [0.2, 0.25) is 5.95 Å². The molecule has 0 radical (unpaired) electrons. The van der Waals surface area contributed by atoms with Crippen LogP contribution >= 0.6 is 0 Å². The van der Waals surface area contributed by atoms with Crippen molar-refractivity contribution in [3.63, 3.8) is 0 Å². The van der Waals surface area contributed by atoms with Crippen molar-refractivity contribution in [1.29, 1.82) is 5.26 Å². The number of rotatable bonds is 3. The number of nitrogens with zero attached hydrogens (tertiary/aromatic N) is 2. The molecule has 0 fully saturated rings. The largest absolute Gasteiger partial charge is 0.334 e. The van der Waals surface area contributed by atoms with Gasteiger partial charge in [0.25, 0.3) is 5.91 Å². The molecule has 1 N–H and O–H groups in total. The van der Waals surface area contributed by atoms with Gasteiger partial charge in [-0.3, -0.25) is 4.79 Å². The van der Waals surface area contributed by atoms with Gasteiger partial charge in [-0.05, 0) is 19.4 Å². The maximum Gasteiger partial charge on any atom is 0.255 e. The van der Waals surface area contributed by atoms with Gasteiger partial charge in [-0.2, -0.15) is 9.65 Å². The van der Waals surface area contributed by atoms with Gasteiger partial charge in [0.15, 0.2) is 5.82 Å². The molecule has 1 aromatic rings. The number of amides is 1. The zero-order valence-corrected chi connectivity index (χ0v) is 9.42. The van der Waals surface area contributed by atoms with E-state index in [1.165, 1.54) is 6.92 Å². The van der Waals surface area contributed by atoms with Crippen molar-refractivity contribution in [1.82, 2.24) is 10.3 Å². The number of pyridine rings is 1. The summed E-state index contributed by atoms with van der Waals surface area (Å²) in [6.07, 6.45) is 1.34. The summed E-state index contributed by atoms with van der Waals surface area (Å²) < 4.78 is 26.1. The maximum atomic E-state index is 13.3. The Kier molecular flexibility index (Phi) is 3.73. The van der Waals surface area contributed by atoms with Crippen molar-refractivity contribution in [3.05, 3.63) is 29.6 Å². The first-order chi connectivity index (χ1) is 7.93. The minimum Gasteiger partial charge on any atom is -0.334 e. The van der Waals surface area contributed by atoms with Crippen LogP contribution in [0.4, 0.5) is 8.78 Å². The number of carbonyl (C=O) groups is 1. The Labute approximate surface area is 97.3 Å². The van der Waals surface area contributed by atoms with Gasteiger partial charge < -0.3 is 5.32 Å².